The molecule has 1 heterocycles. The van der Waals surface area contributed by atoms with Gasteiger partial charge in [0.25, 0.3) is 0 Å². The number of carbonyl (C=O) groups is 2. The molecule has 0 atom stereocenters. The highest BCUT2D eigenvalue weighted by Crippen LogP contribution is 2.22. The van der Waals surface area contributed by atoms with Gasteiger partial charge in [-0.05, 0) is 38.2 Å². The van der Waals surface area contributed by atoms with E-state index in [9.17, 15) is 9.59 Å². The molecule has 27 heavy (non-hydrogen) atoms. The van der Waals surface area contributed by atoms with Crippen LogP contribution >= 0.6 is 22.9 Å². The van der Waals surface area contributed by atoms with E-state index in [4.69, 9.17) is 11.6 Å². The predicted octanol–water partition coefficient (Wildman–Crippen LogP) is 3.80. The molecule has 1 aromatic heterocycles. The van der Waals surface area contributed by atoms with Crippen LogP contribution in [-0.4, -0.2) is 48.3 Å². The van der Waals surface area contributed by atoms with Crippen molar-refractivity contribution in [3.8, 4) is 0 Å². The molecule has 7 heteroatoms. The summed E-state index contributed by atoms with van der Waals surface area (Å²) in [5.41, 5.74) is 1.87. The number of benzene rings is 1. The van der Waals surface area contributed by atoms with Crippen molar-refractivity contribution < 1.29 is 9.59 Å². The van der Waals surface area contributed by atoms with Gasteiger partial charge in [0, 0.05) is 17.1 Å². The van der Waals surface area contributed by atoms with Crippen LogP contribution in [0.15, 0.2) is 49.1 Å². The van der Waals surface area contributed by atoms with E-state index in [0.717, 1.165) is 16.1 Å². The third-order valence-electron chi connectivity index (χ3n) is 3.83. The molecule has 0 spiro atoms. The monoisotopic (exact) mass is 405 g/mol. The third kappa shape index (κ3) is 7.17. The van der Waals surface area contributed by atoms with E-state index in [1.54, 1.807) is 22.9 Å². The standard InChI is InChI=1S/C20H24ClN3O2S/c1-4-11-24(12-17-9-10-18(21)27-17)20(26)14-23(3)13-19(25)22-16-7-5-15(2)6-8-16/h4-10H,1,11-14H2,2-3H3,(H,22,25). The minimum atomic E-state index is -0.158. The number of nitrogens with zero attached hydrogens (tertiary/aromatic N) is 2. The Labute approximate surface area is 169 Å². The lowest BCUT2D eigenvalue weighted by atomic mass is 10.2. The summed E-state index contributed by atoms with van der Waals surface area (Å²) >= 11 is 7.41. The summed E-state index contributed by atoms with van der Waals surface area (Å²) < 4.78 is 0.695. The average Bonchev–Trinajstić information content (AvgIpc) is 3.01. The Bertz CT molecular complexity index is 789. The first-order valence-corrected chi connectivity index (χ1v) is 9.74. The second-order valence-corrected chi connectivity index (χ2v) is 8.15. The Morgan fingerprint density at radius 3 is 2.48 bits per heavy atom. The van der Waals surface area contributed by atoms with Crippen molar-refractivity contribution in [2.45, 2.75) is 13.5 Å². The van der Waals surface area contributed by atoms with Gasteiger partial charge in [-0.25, -0.2) is 0 Å². The highest BCUT2D eigenvalue weighted by atomic mass is 35.5. The van der Waals surface area contributed by atoms with Gasteiger partial charge in [-0.2, -0.15) is 0 Å². The van der Waals surface area contributed by atoms with Crippen LogP contribution in [0.25, 0.3) is 0 Å². The van der Waals surface area contributed by atoms with Crippen molar-refractivity contribution >= 4 is 40.4 Å². The highest BCUT2D eigenvalue weighted by molar-refractivity contribution is 7.16. The van der Waals surface area contributed by atoms with Crippen molar-refractivity contribution in [2.24, 2.45) is 0 Å². The lowest BCUT2D eigenvalue weighted by Gasteiger charge is -2.24. The van der Waals surface area contributed by atoms with E-state index in [0.29, 0.717) is 17.4 Å². The fraction of sp³-hybridized carbons (Fsp3) is 0.300. The first-order valence-electron chi connectivity index (χ1n) is 8.55. The maximum absolute atomic E-state index is 12.6. The summed E-state index contributed by atoms with van der Waals surface area (Å²) in [6.07, 6.45) is 1.69. The summed E-state index contributed by atoms with van der Waals surface area (Å²) in [5.74, 6) is -0.223. The number of nitrogens with one attached hydrogen (secondary N) is 1. The van der Waals surface area contributed by atoms with E-state index in [-0.39, 0.29) is 24.9 Å². The number of carbonyl (C=O) groups excluding carboxylic acids is 2. The Hall–Kier alpha value is -2.15. The summed E-state index contributed by atoms with van der Waals surface area (Å²) in [4.78, 5) is 29.2. The summed E-state index contributed by atoms with van der Waals surface area (Å²) in [7, 11) is 1.75. The zero-order chi connectivity index (χ0) is 19.8. The van der Waals surface area contributed by atoms with E-state index in [2.05, 4.69) is 11.9 Å². The molecule has 0 saturated carbocycles. The van der Waals surface area contributed by atoms with Crippen LogP contribution in [0, 0.1) is 6.92 Å². The fourth-order valence-electron chi connectivity index (χ4n) is 2.50. The van der Waals surface area contributed by atoms with Gasteiger partial charge in [-0.1, -0.05) is 35.4 Å². The van der Waals surface area contributed by atoms with Gasteiger partial charge in [0.05, 0.1) is 24.0 Å². The molecule has 1 aromatic carbocycles. The van der Waals surface area contributed by atoms with Crippen LogP contribution in [0.5, 0.6) is 0 Å². The highest BCUT2D eigenvalue weighted by Gasteiger charge is 2.17. The van der Waals surface area contributed by atoms with Crippen LogP contribution in [0.3, 0.4) is 0 Å². The summed E-state index contributed by atoms with van der Waals surface area (Å²) in [6, 6.07) is 11.3. The van der Waals surface area contributed by atoms with Crippen LogP contribution < -0.4 is 5.32 Å². The van der Waals surface area contributed by atoms with Crippen LogP contribution in [0.2, 0.25) is 4.34 Å². The van der Waals surface area contributed by atoms with Gasteiger partial charge in [-0.3, -0.25) is 14.5 Å². The zero-order valence-corrected chi connectivity index (χ0v) is 17.1. The molecule has 0 aliphatic carbocycles. The molecule has 2 amide bonds. The molecule has 5 nitrogen and oxygen atoms in total. The van der Waals surface area contributed by atoms with Crippen LogP contribution in [0.4, 0.5) is 5.69 Å². The molecule has 1 N–H and O–H groups in total. The van der Waals surface area contributed by atoms with Gasteiger partial charge in [0.1, 0.15) is 0 Å². The van der Waals surface area contributed by atoms with Gasteiger partial charge in [0.15, 0.2) is 0 Å². The molecule has 0 unspecified atom stereocenters. The van der Waals surface area contributed by atoms with Crippen molar-refractivity contribution in [3.63, 3.8) is 0 Å². The number of aryl methyl sites for hydroxylation is 1. The second-order valence-electron chi connectivity index (χ2n) is 6.36. The van der Waals surface area contributed by atoms with Gasteiger partial charge >= 0.3 is 0 Å². The minimum Gasteiger partial charge on any atom is -0.333 e. The summed E-state index contributed by atoms with van der Waals surface area (Å²) in [6.45, 7) is 6.90. The van der Waals surface area contributed by atoms with Gasteiger partial charge in [-0.15, -0.1) is 17.9 Å². The molecule has 0 fully saturated rings. The maximum atomic E-state index is 12.6. The number of amides is 2. The van der Waals surface area contributed by atoms with E-state index in [1.807, 2.05) is 43.3 Å². The molecule has 2 rings (SSSR count). The quantitative estimate of drug-likeness (QED) is 0.645. The van der Waals surface area contributed by atoms with Crippen LogP contribution in [0.1, 0.15) is 10.4 Å². The molecule has 0 radical (unpaired) electrons. The third-order valence-corrected chi connectivity index (χ3v) is 5.05. The van der Waals surface area contributed by atoms with Crippen molar-refractivity contribution in [3.05, 3.63) is 63.8 Å². The minimum absolute atomic E-state index is 0.0648. The smallest absolute Gasteiger partial charge is 0.238 e. The molecule has 0 aliphatic rings. The molecular formula is C20H24ClN3O2S. The molecule has 0 saturated heterocycles. The van der Waals surface area contributed by atoms with E-state index >= 15 is 0 Å². The second kappa shape index (κ2) is 10.3. The number of hydrogen-bond acceptors (Lipinski definition) is 4. The lowest BCUT2D eigenvalue weighted by molar-refractivity contribution is -0.132. The van der Waals surface area contributed by atoms with Gasteiger partial charge in [0.2, 0.25) is 11.8 Å². The Morgan fingerprint density at radius 1 is 1.19 bits per heavy atom. The molecular weight excluding hydrogens is 382 g/mol. The van der Waals surface area contributed by atoms with Crippen LogP contribution in [-0.2, 0) is 16.1 Å². The molecule has 0 bridgehead atoms. The largest absolute Gasteiger partial charge is 0.333 e. The zero-order valence-electron chi connectivity index (χ0n) is 15.6. The number of rotatable bonds is 9. The number of hydrogen-bond donors (Lipinski definition) is 1. The molecule has 0 aliphatic heterocycles. The first-order chi connectivity index (χ1) is 12.9. The maximum Gasteiger partial charge on any atom is 0.238 e. The van der Waals surface area contributed by atoms with Crippen molar-refractivity contribution in [1.29, 1.82) is 0 Å². The predicted molar refractivity (Wildman–Crippen MR) is 112 cm³/mol. The Balaban J connectivity index is 1.86. The molecule has 2 aromatic rings. The number of thiophene rings is 1. The lowest BCUT2D eigenvalue weighted by Crippen LogP contribution is -2.41. The fourth-order valence-corrected chi connectivity index (χ4v) is 3.61. The normalized spacial score (nSPS) is 10.7. The molecule has 144 valence electrons. The topological polar surface area (TPSA) is 52.7 Å². The average molecular weight is 406 g/mol. The van der Waals surface area contributed by atoms with E-state index in [1.165, 1.54) is 11.3 Å². The number of halogens is 1. The Morgan fingerprint density at radius 2 is 1.89 bits per heavy atom. The summed E-state index contributed by atoms with van der Waals surface area (Å²) in [5, 5.41) is 2.84. The van der Waals surface area contributed by atoms with E-state index < -0.39 is 0 Å². The number of anilines is 1. The SMILES string of the molecule is C=CCN(Cc1ccc(Cl)s1)C(=O)CN(C)CC(=O)Nc1ccc(C)cc1. The van der Waals surface area contributed by atoms with Crippen molar-refractivity contribution in [1.82, 2.24) is 9.80 Å². The van der Waals surface area contributed by atoms with Crippen molar-refractivity contribution in [2.75, 3.05) is 32.0 Å². The van der Waals surface area contributed by atoms with Gasteiger partial charge < -0.3 is 10.2 Å². The number of likely N-dealkylation sites (N-methyl/N-ethyl adjacent to an activating group) is 1. The Kier molecular flexibility index (Phi) is 8.03. The first kappa shape index (κ1) is 21.2.